The summed E-state index contributed by atoms with van der Waals surface area (Å²) in [6, 6.07) is 6.68. The van der Waals surface area contributed by atoms with Gasteiger partial charge in [-0.15, -0.1) is 0 Å². The highest BCUT2D eigenvalue weighted by Gasteiger charge is 2.42. The molecule has 1 aliphatic heterocycles. The quantitative estimate of drug-likeness (QED) is 0.629. The lowest BCUT2D eigenvalue weighted by Gasteiger charge is -2.29. The fourth-order valence-corrected chi connectivity index (χ4v) is 2.49. The van der Waals surface area contributed by atoms with Crippen LogP contribution in [0.5, 0.6) is 0 Å². The molecule has 0 fully saturated rings. The van der Waals surface area contributed by atoms with Crippen LogP contribution in [0.2, 0.25) is 0 Å². The van der Waals surface area contributed by atoms with E-state index in [0.717, 1.165) is 0 Å². The summed E-state index contributed by atoms with van der Waals surface area (Å²) < 4.78 is 6.24. The molecule has 88 valence electrons. The SMILES string of the molecule is Cc1ccc2c(c1)C(C)(C)OC2C(C)(C)C. The number of hydrogen-bond acceptors (Lipinski definition) is 1. The molecule has 0 saturated heterocycles. The molecule has 1 heteroatoms. The van der Waals surface area contributed by atoms with E-state index in [2.05, 4.69) is 59.7 Å². The first kappa shape index (κ1) is 11.7. The largest absolute Gasteiger partial charge is 0.362 e. The first-order valence-corrected chi connectivity index (χ1v) is 6.01. The summed E-state index contributed by atoms with van der Waals surface area (Å²) >= 11 is 0. The van der Waals surface area contributed by atoms with Gasteiger partial charge >= 0.3 is 0 Å². The van der Waals surface area contributed by atoms with Crippen molar-refractivity contribution in [1.82, 2.24) is 0 Å². The number of rotatable bonds is 0. The third-order valence-electron chi connectivity index (χ3n) is 3.34. The number of hydrogen-bond donors (Lipinski definition) is 0. The lowest BCUT2D eigenvalue weighted by Crippen LogP contribution is -2.22. The molecule has 16 heavy (non-hydrogen) atoms. The zero-order valence-corrected chi connectivity index (χ0v) is 11.2. The van der Waals surface area contributed by atoms with Crippen molar-refractivity contribution in [3.63, 3.8) is 0 Å². The Labute approximate surface area is 98.8 Å². The minimum Gasteiger partial charge on any atom is -0.362 e. The first-order valence-electron chi connectivity index (χ1n) is 6.01. The van der Waals surface area contributed by atoms with E-state index in [-0.39, 0.29) is 17.1 Å². The summed E-state index contributed by atoms with van der Waals surface area (Å²) in [5.74, 6) is 0. The van der Waals surface area contributed by atoms with E-state index in [1.54, 1.807) is 0 Å². The standard InChI is InChI=1S/C15H22O/c1-10-7-8-11-12(9-10)15(5,6)16-13(11)14(2,3)4/h7-9,13H,1-6H3. The van der Waals surface area contributed by atoms with Gasteiger partial charge in [0.2, 0.25) is 0 Å². The Morgan fingerprint density at radius 3 is 2.38 bits per heavy atom. The molecule has 0 N–H and O–H groups in total. The van der Waals surface area contributed by atoms with Gasteiger partial charge in [-0.2, -0.15) is 0 Å². The van der Waals surface area contributed by atoms with Crippen LogP contribution in [0.3, 0.4) is 0 Å². The van der Waals surface area contributed by atoms with Crippen LogP contribution in [-0.2, 0) is 10.3 Å². The second kappa shape index (κ2) is 3.33. The van der Waals surface area contributed by atoms with Gasteiger partial charge < -0.3 is 4.74 Å². The van der Waals surface area contributed by atoms with E-state index in [0.29, 0.717) is 0 Å². The normalized spacial score (nSPS) is 23.2. The average Bonchev–Trinajstić information content (AvgIpc) is 2.38. The van der Waals surface area contributed by atoms with Crippen LogP contribution < -0.4 is 0 Å². The summed E-state index contributed by atoms with van der Waals surface area (Å²) in [4.78, 5) is 0. The molecule has 1 aromatic carbocycles. The van der Waals surface area contributed by atoms with Gasteiger partial charge in [-0.3, -0.25) is 0 Å². The van der Waals surface area contributed by atoms with Crippen molar-refractivity contribution in [2.75, 3.05) is 0 Å². The van der Waals surface area contributed by atoms with Crippen molar-refractivity contribution < 1.29 is 4.74 Å². The Balaban J connectivity index is 2.56. The molecule has 2 rings (SSSR count). The van der Waals surface area contributed by atoms with Crippen molar-refractivity contribution >= 4 is 0 Å². The lowest BCUT2D eigenvalue weighted by molar-refractivity contribution is -0.0964. The number of benzene rings is 1. The van der Waals surface area contributed by atoms with Crippen LogP contribution in [-0.4, -0.2) is 0 Å². The van der Waals surface area contributed by atoms with Gasteiger partial charge in [0, 0.05) is 0 Å². The fraction of sp³-hybridized carbons (Fsp3) is 0.600. The van der Waals surface area contributed by atoms with Crippen molar-refractivity contribution in [2.45, 2.75) is 53.2 Å². The smallest absolute Gasteiger partial charge is 0.0888 e. The minimum atomic E-state index is -0.153. The van der Waals surface area contributed by atoms with E-state index in [9.17, 15) is 0 Å². The summed E-state index contributed by atoms with van der Waals surface area (Å²) in [6.07, 6.45) is 0.207. The summed E-state index contributed by atoms with van der Waals surface area (Å²) in [5.41, 5.74) is 4.03. The Morgan fingerprint density at radius 1 is 1.19 bits per heavy atom. The minimum absolute atomic E-state index is 0.151. The second-order valence-corrected chi connectivity index (χ2v) is 6.46. The molecule has 0 spiro atoms. The monoisotopic (exact) mass is 218 g/mol. The highest BCUT2D eigenvalue weighted by atomic mass is 16.5. The molecular weight excluding hydrogens is 196 g/mol. The average molecular weight is 218 g/mol. The van der Waals surface area contributed by atoms with E-state index in [4.69, 9.17) is 4.74 Å². The molecule has 1 nitrogen and oxygen atoms in total. The predicted molar refractivity (Wildman–Crippen MR) is 67.5 cm³/mol. The van der Waals surface area contributed by atoms with Crippen LogP contribution in [0.4, 0.5) is 0 Å². The maximum atomic E-state index is 6.24. The van der Waals surface area contributed by atoms with Crippen LogP contribution in [0, 0.1) is 12.3 Å². The zero-order chi connectivity index (χ0) is 12.1. The molecular formula is C15H22O. The number of fused-ring (bicyclic) bond motifs is 1. The maximum Gasteiger partial charge on any atom is 0.0888 e. The molecule has 0 radical (unpaired) electrons. The highest BCUT2D eigenvalue weighted by Crippen LogP contribution is 2.50. The van der Waals surface area contributed by atoms with Crippen molar-refractivity contribution in [2.24, 2.45) is 5.41 Å². The summed E-state index contributed by atoms with van der Waals surface area (Å²) in [7, 11) is 0. The molecule has 1 heterocycles. The molecule has 0 amide bonds. The topological polar surface area (TPSA) is 9.23 Å². The van der Waals surface area contributed by atoms with Gasteiger partial charge in [0.15, 0.2) is 0 Å². The Hall–Kier alpha value is -0.820. The summed E-state index contributed by atoms with van der Waals surface area (Å²) in [5, 5.41) is 0. The Morgan fingerprint density at radius 2 is 1.81 bits per heavy atom. The third kappa shape index (κ3) is 1.78. The Bertz CT molecular complexity index is 410. The van der Waals surface area contributed by atoms with Crippen molar-refractivity contribution in [3.05, 3.63) is 34.9 Å². The summed E-state index contributed by atoms with van der Waals surface area (Å²) in [6.45, 7) is 13.2. The van der Waals surface area contributed by atoms with Gasteiger partial charge in [-0.1, -0.05) is 44.5 Å². The van der Waals surface area contributed by atoms with E-state index < -0.39 is 0 Å². The van der Waals surface area contributed by atoms with E-state index >= 15 is 0 Å². The number of aryl methyl sites for hydroxylation is 1. The lowest BCUT2D eigenvalue weighted by atomic mass is 9.83. The van der Waals surface area contributed by atoms with Gasteiger partial charge in [0.1, 0.15) is 0 Å². The predicted octanol–water partition coefficient (Wildman–Crippen LogP) is 4.35. The molecule has 1 aliphatic rings. The first-order chi connectivity index (χ1) is 7.22. The molecule has 0 saturated carbocycles. The molecule has 0 aliphatic carbocycles. The van der Waals surface area contributed by atoms with Crippen LogP contribution in [0.15, 0.2) is 18.2 Å². The van der Waals surface area contributed by atoms with Gasteiger partial charge in [0.25, 0.3) is 0 Å². The van der Waals surface area contributed by atoms with Crippen molar-refractivity contribution in [3.8, 4) is 0 Å². The van der Waals surface area contributed by atoms with Crippen LogP contribution >= 0.6 is 0 Å². The molecule has 1 unspecified atom stereocenters. The molecule has 1 atom stereocenters. The maximum absolute atomic E-state index is 6.24. The second-order valence-electron chi connectivity index (χ2n) is 6.46. The third-order valence-corrected chi connectivity index (χ3v) is 3.34. The molecule has 0 bridgehead atoms. The van der Waals surface area contributed by atoms with Crippen molar-refractivity contribution in [1.29, 1.82) is 0 Å². The fourth-order valence-electron chi connectivity index (χ4n) is 2.49. The Kier molecular flexibility index (Phi) is 2.43. The van der Waals surface area contributed by atoms with Gasteiger partial charge in [-0.25, -0.2) is 0 Å². The van der Waals surface area contributed by atoms with Gasteiger partial charge in [-0.05, 0) is 37.3 Å². The highest BCUT2D eigenvalue weighted by molar-refractivity contribution is 5.40. The van der Waals surface area contributed by atoms with E-state index in [1.807, 2.05) is 0 Å². The number of ether oxygens (including phenoxy) is 1. The van der Waals surface area contributed by atoms with E-state index in [1.165, 1.54) is 16.7 Å². The molecule has 1 aromatic rings. The van der Waals surface area contributed by atoms with Crippen LogP contribution in [0.1, 0.15) is 57.4 Å². The molecule has 0 aromatic heterocycles. The zero-order valence-electron chi connectivity index (χ0n) is 11.2. The van der Waals surface area contributed by atoms with Crippen LogP contribution in [0.25, 0.3) is 0 Å². The van der Waals surface area contributed by atoms with Gasteiger partial charge in [0.05, 0.1) is 11.7 Å².